The number of hydrogen-bond donors (Lipinski definition) is 1. The van der Waals surface area contributed by atoms with Gasteiger partial charge in [0.05, 0.1) is 16.0 Å². The van der Waals surface area contributed by atoms with Gasteiger partial charge >= 0.3 is 0 Å². The summed E-state index contributed by atoms with van der Waals surface area (Å²) in [7, 11) is 0. The molecule has 0 spiro atoms. The SMILES string of the molecule is Cc1nn(C2CCCCO2)c2nc(Cl)nc(Nc3cccc([N+](=O)[O-])c3)c12. The number of nitrogens with one attached hydrogen (secondary N) is 1. The lowest BCUT2D eigenvalue weighted by Gasteiger charge is -2.23. The lowest BCUT2D eigenvalue weighted by atomic mass is 10.2. The standard InChI is InChI=1S/C17H17ClN6O3/c1-10-14-15(19-11-5-4-6-12(9-11)24(25)26)20-17(18)21-16(14)23(22-10)13-7-2-3-8-27-13/h4-6,9,13H,2-3,7-8H2,1H3,(H,19,20,21). The van der Waals surface area contributed by atoms with Crippen molar-refractivity contribution in [3.05, 3.63) is 45.4 Å². The van der Waals surface area contributed by atoms with E-state index in [-0.39, 0.29) is 17.2 Å². The van der Waals surface area contributed by atoms with Crippen molar-refractivity contribution in [1.82, 2.24) is 19.7 Å². The van der Waals surface area contributed by atoms with Crippen LogP contribution in [0.3, 0.4) is 0 Å². The molecule has 0 aliphatic carbocycles. The van der Waals surface area contributed by atoms with Crippen LogP contribution >= 0.6 is 11.6 Å². The van der Waals surface area contributed by atoms with Crippen molar-refractivity contribution in [2.45, 2.75) is 32.4 Å². The second-order valence-electron chi connectivity index (χ2n) is 6.32. The highest BCUT2D eigenvalue weighted by molar-refractivity contribution is 6.28. The molecule has 1 unspecified atom stereocenters. The molecule has 4 rings (SSSR count). The van der Waals surface area contributed by atoms with Gasteiger partial charge in [0, 0.05) is 24.4 Å². The highest BCUT2D eigenvalue weighted by Crippen LogP contribution is 2.32. The first-order valence-electron chi connectivity index (χ1n) is 8.58. The molecule has 27 heavy (non-hydrogen) atoms. The average Bonchev–Trinajstić information content (AvgIpc) is 2.99. The molecule has 10 heteroatoms. The Morgan fingerprint density at radius 3 is 2.96 bits per heavy atom. The summed E-state index contributed by atoms with van der Waals surface area (Å²) >= 11 is 6.14. The van der Waals surface area contributed by atoms with Crippen molar-refractivity contribution in [1.29, 1.82) is 0 Å². The van der Waals surface area contributed by atoms with Crippen LogP contribution < -0.4 is 5.32 Å². The molecule has 0 radical (unpaired) electrons. The van der Waals surface area contributed by atoms with E-state index in [0.717, 1.165) is 25.0 Å². The summed E-state index contributed by atoms with van der Waals surface area (Å²) in [6.07, 6.45) is 2.75. The topological polar surface area (TPSA) is 108 Å². The first-order chi connectivity index (χ1) is 13.0. The number of rotatable bonds is 4. The summed E-state index contributed by atoms with van der Waals surface area (Å²) in [6.45, 7) is 2.54. The van der Waals surface area contributed by atoms with Crippen LogP contribution in [0.5, 0.6) is 0 Å². The van der Waals surface area contributed by atoms with E-state index < -0.39 is 4.92 Å². The second kappa shape index (κ2) is 7.09. The Kier molecular flexibility index (Phi) is 4.63. The van der Waals surface area contributed by atoms with Crippen LogP contribution in [0.4, 0.5) is 17.2 Å². The van der Waals surface area contributed by atoms with Crippen molar-refractivity contribution in [2.75, 3.05) is 11.9 Å². The molecule has 1 N–H and O–H groups in total. The predicted octanol–water partition coefficient (Wildman–Crippen LogP) is 4.14. The normalized spacial score (nSPS) is 17.2. The van der Waals surface area contributed by atoms with Gasteiger partial charge in [-0.3, -0.25) is 10.1 Å². The summed E-state index contributed by atoms with van der Waals surface area (Å²) < 4.78 is 7.57. The molecule has 0 amide bonds. The number of nitro benzene ring substituents is 1. The van der Waals surface area contributed by atoms with Crippen molar-refractivity contribution in [3.63, 3.8) is 0 Å². The number of halogens is 1. The fraction of sp³-hybridized carbons (Fsp3) is 0.353. The summed E-state index contributed by atoms with van der Waals surface area (Å²) in [6, 6.07) is 6.19. The molecule has 1 aliphatic rings. The van der Waals surface area contributed by atoms with Crippen LogP contribution in [0.1, 0.15) is 31.2 Å². The first kappa shape index (κ1) is 17.6. The molecule has 3 aromatic rings. The summed E-state index contributed by atoms with van der Waals surface area (Å²) in [4.78, 5) is 19.2. The molecular formula is C17H17ClN6O3. The number of anilines is 2. The number of nitro groups is 1. The van der Waals surface area contributed by atoms with Gasteiger partial charge in [-0.2, -0.15) is 15.1 Å². The summed E-state index contributed by atoms with van der Waals surface area (Å²) in [5.74, 6) is 0.449. The molecule has 3 heterocycles. The maximum Gasteiger partial charge on any atom is 0.271 e. The van der Waals surface area contributed by atoms with Crippen molar-refractivity contribution in [2.24, 2.45) is 0 Å². The van der Waals surface area contributed by atoms with Gasteiger partial charge in [-0.15, -0.1) is 0 Å². The third kappa shape index (κ3) is 3.43. The van der Waals surface area contributed by atoms with E-state index in [2.05, 4.69) is 20.4 Å². The number of benzene rings is 1. The first-order valence-corrected chi connectivity index (χ1v) is 8.96. The van der Waals surface area contributed by atoms with Gasteiger partial charge in [0.1, 0.15) is 5.82 Å². The number of aromatic nitrogens is 4. The van der Waals surface area contributed by atoms with Gasteiger partial charge in [0.25, 0.3) is 5.69 Å². The van der Waals surface area contributed by atoms with Crippen LogP contribution in [0, 0.1) is 17.0 Å². The maximum atomic E-state index is 11.0. The van der Waals surface area contributed by atoms with Crippen molar-refractivity contribution in [3.8, 4) is 0 Å². The number of ether oxygens (including phenoxy) is 1. The van der Waals surface area contributed by atoms with Gasteiger partial charge in [0.2, 0.25) is 5.28 Å². The molecule has 0 bridgehead atoms. The van der Waals surface area contributed by atoms with E-state index in [1.165, 1.54) is 12.1 Å². The Morgan fingerprint density at radius 1 is 1.37 bits per heavy atom. The van der Waals surface area contributed by atoms with Crippen LogP contribution in [0.15, 0.2) is 24.3 Å². The van der Waals surface area contributed by atoms with E-state index in [0.29, 0.717) is 29.1 Å². The van der Waals surface area contributed by atoms with Gasteiger partial charge in [-0.25, -0.2) is 4.68 Å². The monoisotopic (exact) mass is 388 g/mol. The number of hydrogen-bond acceptors (Lipinski definition) is 7. The average molecular weight is 389 g/mol. The minimum atomic E-state index is -0.447. The largest absolute Gasteiger partial charge is 0.356 e. The van der Waals surface area contributed by atoms with E-state index in [9.17, 15) is 10.1 Å². The van der Waals surface area contributed by atoms with Crippen LogP contribution in [0.2, 0.25) is 5.28 Å². The zero-order valence-electron chi connectivity index (χ0n) is 14.6. The number of non-ortho nitro benzene ring substituents is 1. The molecular weight excluding hydrogens is 372 g/mol. The van der Waals surface area contributed by atoms with E-state index >= 15 is 0 Å². The number of aryl methyl sites for hydroxylation is 1. The lowest BCUT2D eigenvalue weighted by molar-refractivity contribution is -0.384. The van der Waals surface area contributed by atoms with Gasteiger partial charge < -0.3 is 10.1 Å². The Labute approximate surface area is 159 Å². The Hall–Kier alpha value is -2.78. The molecule has 2 aromatic heterocycles. The zero-order chi connectivity index (χ0) is 19.0. The summed E-state index contributed by atoms with van der Waals surface area (Å²) in [5.41, 5.74) is 1.82. The minimum absolute atomic E-state index is 0.0144. The van der Waals surface area contributed by atoms with Gasteiger partial charge in [-0.1, -0.05) is 6.07 Å². The van der Waals surface area contributed by atoms with Crippen LogP contribution in [0.25, 0.3) is 11.0 Å². The van der Waals surface area contributed by atoms with Crippen molar-refractivity contribution >= 4 is 39.8 Å². The molecule has 1 atom stereocenters. The number of nitrogens with zero attached hydrogens (tertiary/aromatic N) is 5. The third-order valence-electron chi connectivity index (χ3n) is 4.45. The van der Waals surface area contributed by atoms with E-state index in [4.69, 9.17) is 16.3 Å². The fourth-order valence-corrected chi connectivity index (χ4v) is 3.39. The third-order valence-corrected chi connectivity index (χ3v) is 4.62. The maximum absolute atomic E-state index is 11.0. The highest BCUT2D eigenvalue weighted by atomic mass is 35.5. The lowest BCUT2D eigenvalue weighted by Crippen LogP contribution is -2.19. The molecule has 1 saturated heterocycles. The number of fused-ring (bicyclic) bond motifs is 1. The molecule has 9 nitrogen and oxygen atoms in total. The van der Waals surface area contributed by atoms with E-state index in [1.807, 2.05) is 6.92 Å². The zero-order valence-corrected chi connectivity index (χ0v) is 15.3. The summed E-state index contributed by atoms with van der Waals surface area (Å²) in [5, 5.41) is 19.5. The van der Waals surface area contributed by atoms with Crippen molar-refractivity contribution < 1.29 is 9.66 Å². The Morgan fingerprint density at radius 2 is 2.22 bits per heavy atom. The highest BCUT2D eigenvalue weighted by Gasteiger charge is 2.23. The molecule has 0 saturated carbocycles. The minimum Gasteiger partial charge on any atom is -0.356 e. The smallest absolute Gasteiger partial charge is 0.271 e. The molecule has 1 aliphatic heterocycles. The predicted molar refractivity (Wildman–Crippen MR) is 100 cm³/mol. The Bertz CT molecular complexity index is 1020. The second-order valence-corrected chi connectivity index (χ2v) is 6.66. The molecule has 140 valence electrons. The quantitative estimate of drug-likeness (QED) is 0.406. The molecule has 1 fully saturated rings. The van der Waals surface area contributed by atoms with Crippen LogP contribution in [-0.4, -0.2) is 31.3 Å². The molecule has 1 aromatic carbocycles. The van der Waals surface area contributed by atoms with E-state index in [1.54, 1.807) is 16.8 Å². The fourth-order valence-electron chi connectivity index (χ4n) is 3.22. The van der Waals surface area contributed by atoms with Crippen LogP contribution in [-0.2, 0) is 4.74 Å². The Balaban J connectivity index is 1.78. The van der Waals surface area contributed by atoms with Gasteiger partial charge in [0.15, 0.2) is 11.9 Å². The van der Waals surface area contributed by atoms with Gasteiger partial charge in [-0.05, 0) is 43.9 Å².